The van der Waals surface area contributed by atoms with Gasteiger partial charge in [0.15, 0.2) is 0 Å². The third-order valence-electron chi connectivity index (χ3n) is 1.67. The highest BCUT2D eigenvalue weighted by Gasteiger charge is 2.25. The molecule has 0 saturated carbocycles. The minimum absolute atomic E-state index is 0. The van der Waals surface area contributed by atoms with Crippen molar-refractivity contribution in [3.05, 3.63) is 0 Å². The highest BCUT2D eigenvalue weighted by Crippen LogP contribution is 2.10. The molecule has 2 N–H and O–H groups in total. The summed E-state index contributed by atoms with van der Waals surface area (Å²) in [6, 6.07) is 0.0890. The van der Waals surface area contributed by atoms with Crippen molar-refractivity contribution in [3.63, 3.8) is 0 Å². The van der Waals surface area contributed by atoms with Crippen LogP contribution in [0.1, 0.15) is 19.8 Å². The minimum Gasteiger partial charge on any atom is -0.480 e. The quantitative estimate of drug-likeness (QED) is 0.600. The van der Waals surface area contributed by atoms with Gasteiger partial charge in [0.2, 0.25) is 0 Å². The van der Waals surface area contributed by atoms with Crippen LogP contribution in [-0.2, 0) is 4.79 Å². The highest BCUT2D eigenvalue weighted by molar-refractivity contribution is 5.85. The smallest absolute Gasteiger partial charge is 0.320 e. The van der Waals surface area contributed by atoms with Gasteiger partial charge >= 0.3 is 5.97 Å². The largest absolute Gasteiger partial charge is 0.480 e. The van der Waals surface area contributed by atoms with E-state index in [1.807, 2.05) is 6.92 Å². The van der Waals surface area contributed by atoms with E-state index in [0.29, 0.717) is 6.04 Å². The Morgan fingerprint density at radius 2 is 2.20 bits per heavy atom. The van der Waals surface area contributed by atoms with Crippen molar-refractivity contribution >= 4 is 18.4 Å². The van der Waals surface area contributed by atoms with Crippen molar-refractivity contribution in [3.8, 4) is 0 Å². The van der Waals surface area contributed by atoms with Crippen LogP contribution in [0.2, 0.25) is 0 Å². The van der Waals surface area contributed by atoms with Crippen LogP contribution in [0.4, 0.5) is 0 Å². The molecule has 0 unspecified atom stereocenters. The molecule has 0 amide bonds. The number of aliphatic carboxylic acids is 1. The Bertz CT molecular complexity index is 129. The lowest BCUT2D eigenvalue weighted by atomic mass is 10.2. The zero-order valence-corrected chi connectivity index (χ0v) is 6.65. The number of carbonyl (C=O) groups is 1. The van der Waals surface area contributed by atoms with E-state index in [-0.39, 0.29) is 18.4 Å². The fraction of sp³-hybridized carbons (Fsp3) is 0.833. The molecule has 60 valence electrons. The third-order valence-corrected chi connectivity index (χ3v) is 1.67. The molecule has 1 saturated heterocycles. The van der Waals surface area contributed by atoms with Crippen molar-refractivity contribution in [2.24, 2.45) is 0 Å². The maximum absolute atomic E-state index is 10.3. The van der Waals surface area contributed by atoms with Crippen LogP contribution in [0.5, 0.6) is 0 Å². The fourth-order valence-corrected chi connectivity index (χ4v) is 1.12. The van der Waals surface area contributed by atoms with Crippen molar-refractivity contribution in [2.45, 2.75) is 31.8 Å². The van der Waals surface area contributed by atoms with Crippen molar-refractivity contribution < 1.29 is 9.90 Å². The summed E-state index contributed by atoms with van der Waals surface area (Å²) in [6.45, 7) is 2.00. The van der Waals surface area contributed by atoms with E-state index in [1.165, 1.54) is 0 Å². The Morgan fingerprint density at radius 1 is 1.60 bits per heavy atom. The summed E-state index contributed by atoms with van der Waals surface area (Å²) < 4.78 is 0. The first-order chi connectivity index (χ1) is 4.20. The Kier molecular flexibility index (Phi) is 3.68. The molecule has 0 radical (unpaired) electrons. The minimum atomic E-state index is -0.723. The van der Waals surface area contributed by atoms with Gasteiger partial charge in [-0.15, -0.1) is 12.4 Å². The molecule has 0 aromatic heterocycles. The summed E-state index contributed by atoms with van der Waals surface area (Å²) in [4.78, 5) is 10.3. The van der Waals surface area contributed by atoms with E-state index >= 15 is 0 Å². The monoisotopic (exact) mass is 165 g/mol. The van der Waals surface area contributed by atoms with Crippen LogP contribution < -0.4 is 5.32 Å². The average Bonchev–Trinajstić information content (AvgIpc) is 2.14. The van der Waals surface area contributed by atoms with Crippen LogP contribution in [-0.4, -0.2) is 23.2 Å². The molecule has 3 nitrogen and oxygen atoms in total. The summed E-state index contributed by atoms with van der Waals surface area (Å²) >= 11 is 0. The molecule has 0 bridgehead atoms. The van der Waals surface area contributed by atoms with E-state index in [4.69, 9.17) is 5.11 Å². The lowest BCUT2D eigenvalue weighted by Crippen LogP contribution is -2.33. The standard InChI is InChI=1S/C6H11NO2.ClH/c1-4-2-3-5(7-4)6(8)9;/h4-5,7H,2-3H2,1H3,(H,8,9);1H/t4-,5+;/m1./s1. The average molecular weight is 166 g/mol. The lowest BCUT2D eigenvalue weighted by molar-refractivity contribution is -0.139. The van der Waals surface area contributed by atoms with Crippen LogP contribution >= 0.6 is 12.4 Å². The molecule has 1 heterocycles. The normalized spacial score (nSPS) is 31.3. The third kappa shape index (κ3) is 2.15. The molecule has 4 heteroatoms. The summed E-state index contributed by atoms with van der Waals surface area (Å²) in [7, 11) is 0. The summed E-state index contributed by atoms with van der Waals surface area (Å²) in [6.07, 6.45) is 1.76. The Hall–Kier alpha value is -0.280. The molecule has 0 aliphatic carbocycles. The second-order valence-electron chi connectivity index (χ2n) is 2.54. The number of rotatable bonds is 1. The molecule has 0 aromatic rings. The topological polar surface area (TPSA) is 49.3 Å². The number of carboxylic acids is 1. The summed E-state index contributed by atoms with van der Waals surface area (Å²) in [5.41, 5.74) is 0. The zero-order chi connectivity index (χ0) is 6.85. The maximum Gasteiger partial charge on any atom is 0.320 e. The van der Waals surface area contributed by atoms with E-state index < -0.39 is 5.97 Å². The number of nitrogens with one attached hydrogen (secondary N) is 1. The van der Waals surface area contributed by atoms with Crippen LogP contribution in [0, 0.1) is 0 Å². The molecule has 0 aromatic carbocycles. The van der Waals surface area contributed by atoms with Crippen molar-refractivity contribution in [1.82, 2.24) is 5.32 Å². The van der Waals surface area contributed by atoms with Gasteiger partial charge in [-0.2, -0.15) is 0 Å². The first kappa shape index (κ1) is 9.72. The van der Waals surface area contributed by atoms with Gasteiger partial charge in [-0.3, -0.25) is 4.79 Å². The SMILES string of the molecule is C[C@@H]1CC[C@@H](C(=O)O)N1.Cl. The number of hydrogen-bond acceptors (Lipinski definition) is 2. The number of halogens is 1. The predicted molar refractivity (Wildman–Crippen MR) is 40.5 cm³/mol. The predicted octanol–water partition coefficient (Wildman–Crippen LogP) is 0.633. The van der Waals surface area contributed by atoms with Gasteiger partial charge in [0.05, 0.1) is 0 Å². The van der Waals surface area contributed by atoms with E-state index in [2.05, 4.69) is 5.32 Å². The van der Waals surface area contributed by atoms with Gasteiger partial charge < -0.3 is 10.4 Å². The van der Waals surface area contributed by atoms with Gasteiger partial charge in [0.25, 0.3) is 0 Å². The van der Waals surface area contributed by atoms with Gasteiger partial charge in [-0.1, -0.05) is 0 Å². The van der Waals surface area contributed by atoms with E-state index in [1.54, 1.807) is 0 Å². The van der Waals surface area contributed by atoms with Crippen molar-refractivity contribution in [1.29, 1.82) is 0 Å². The molecule has 1 fully saturated rings. The second-order valence-corrected chi connectivity index (χ2v) is 2.54. The zero-order valence-electron chi connectivity index (χ0n) is 5.83. The number of carboxylic acid groups (broad SMARTS) is 1. The first-order valence-electron chi connectivity index (χ1n) is 3.19. The molecular weight excluding hydrogens is 154 g/mol. The lowest BCUT2D eigenvalue weighted by Gasteiger charge is -2.03. The Balaban J connectivity index is 0.000000810. The molecule has 1 rings (SSSR count). The molecule has 10 heavy (non-hydrogen) atoms. The molecule has 1 aliphatic rings. The maximum atomic E-state index is 10.3. The van der Waals surface area contributed by atoms with Crippen LogP contribution in [0.3, 0.4) is 0 Å². The van der Waals surface area contributed by atoms with Gasteiger partial charge in [0, 0.05) is 6.04 Å². The van der Waals surface area contributed by atoms with Crippen molar-refractivity contribution in [2.75, 3.05) is 0 Å². The van der Waals surface area contributed by atoms with Gasteiger partial charge in [-0.25, -0.2) is 0 Å². The highest BCUT2D eigenvalue weighted by atomic mass is 35.5. The molecular formula is C6H12ClNO2. The Morgan fingerprint density at radius 3 is 2.40 bits per heavy atom. The molecule has 0 spiro atoms. The van der Waals surface area contributed by atoms with Gasteiger partial charge in [0.1, 0.15) is 6.04 Å². The van der Waals surface area contributed by atoms with E-state index in [0.717, 1.165) is 12.8 Å². The van der Waals surface area contributed by atoms with E-state index in [9.17, 15) is 4.79 Å². The van der Waals surface area contributed by atoms with Crippen LogP contribution in [0.25, 0.3) is 0 Å². The molecule has 2 atom stereocenters. The molecule has 1 aliphatic heterocycles. The van der Waals surface area contributed by atoms with Crippen LogP contribution in [0.15, 0.2) is 0 Å². The first-order valence-corrected chi connectivity index (χ1v) is 3.19. The number of hydrogen-bond donors (Lipinski definition) is 2. The Labute approximate surface area is 66.2 Å². The van der Waals surface area contributed by atoms with Gasteiger partial charge in [-0.05, 0) is 19.8 Å². The second kappa shape index (κ2) is 3.78. The fourth-order valence-electron chi connectivity index (χ4n) is 1.12. The summed E-state index contributed by atoms with van der Waals surface area (Å²) in [5, 5.41) is 11.4. The summed E-state index contributed by atoms with van der Waals surface area (Å²) in [5.74, 6) is -0.723.